The van der Waals surface area contributed by atoms with E-state index in [0.29, 0.717) is 10.7 Å². The molecule has 18 heavy (non-hydrogen) atoms. The summed E-state index contributed by atoms with van der Waals surface area (Å²) in [5.41, 5.74) is -0.521. The van der Waals surface area contributed by atoms with Crippen molar-refractivity contribution in [1.29, 1.82) is 0 Å². The fraction of sp³-hybridized carbons (Fsp3) is 0.400. The van der Waals surface area contributed by atoms with Crippen molar-refractivity contribution in [3.63, 3.8) is 0 Å². The lowest BCUT2D eigenvalue weighted by Gasteiger charge is -2.00. The van der Waals surface area contributed by atoms with Crippen molar-refractivity contribution in [1.82, 2.24) is 9.97 Å². The largest absolute Gasteiger partial charge is 0.315 e. The van der Waals surface area contributed by atoms with Gasteiger partial charge in [-0.25, -0.2) is 0 Å². The highest BCUT2D eigenvalue weighted by molar-refractivity contribution is 8.29. The van der Waals surface area contributed by atoms with E-state index in [2.05, 4.69) is 9.97 Å². The van der Waals surface area contributed by atoms with Gasteiger partial charge in [-0.3, -0.25) is 9.59 Å². The molecule has 0 atom stereocenters. The molecule has 0 saturated heterocycles. The van der Waals surface area contributed by atoms with Crippen molar-refractivity contribution in [2.75, 3.05) is 25.0 Å². The van der Waals surface area contributed by atoms with Gasteiger partial charge in [0.1, 0.15) is 10.7 Å². The molecule has 0 aromatic carbocycles. The van der Waals surface area contributed by atoms with Crippen LogP contribution in [0.3, 0.4) is 0 Å². The van der Waals surface area contributed by atoms with Crippen LogP contribution in [0.1, 0.15) is 0 Å². The minimum atomic E-state index is -0.260. The fourth-order valence-corrected chi connectivity index (χ4v) is 4.05. The van der Waals surface area contributed by atoms with Crippen LogP contribution in [0.4, 0.5) is 0 Å². The minimum absolute atomic E-state index is 0.260. The highest BCUT2D eigenvalue weighted by atomic mass is 32.2. The van der Waals surface area contributed by atoms with Crippen LogP contribution >= 0.6 is 47.0 Å². The van der Waals surface area contributed by atoms with Crippen LogP contribution in [0.15, 0.2) is 9.59 Å². The second kappa shape index (κ2) is 7.42. The zero-order valence-corrected chi connectivity index (χ0v) is 13.7. The van der Waals surface area contributed by atoms with Crippen LogP contribution < -0.4 is 21.8 Å². The summed E-state index contributed by atoms with van der Waals surface area (Å²) in [6, 6.07) is 0. The molecule has 1 rings (SSSR count). The van der Waals surface area contributed by atoms with Gasteiger partial charge in [-0.1, -0.05) is 0 Å². The molecule has 0 spiro atoms. The summed E-state index contributed by atoms with van der Waals surface area (Å²) in [7, 11) is 0. The Morgan fingerprint density at radius 1 is 0.722 bits per heavy atom. The summed E-state index contributed by atoms with van der Waals surface area (Å²) in [5, 5.41) is 0.676. The maximum absolute atomic E-state index is 12.0. The third-order valence-electron chi connectivity index (χ3n) is 2.08. The lowest BCUT2D eigenvalue weighted by atomic mass is 10.6. The fourth-order valence-electron chi connectivity index (χ4n) is 1.33. The second-order valence-electron chi connectivity index (χ2n) is 3.05. The number of rotatable bonds is 4. The maximum Gasteiger partial charge on any atom is 0.274 e. The molecule has 4 nitrogen and oxygen atoms in total. The Bertz CT molecular complexity index is 577. The molecule has 0 amide bonds. The van der Waals surface area contributed by atoms with Crippen molar-refractivity contribution < 1.29 is 0 Å². The Labute approximate surface area is 121 Å². The molecular formula is C10H14N2O2S4. The first-order chi connectivity index (χ1) is 8.58. The van der Waals surface area contributed by atoms with Gasteiger partial charge in [-0.2, -0.15) is 0 Å². The van der Waals surface area contributed by atoms with Crippen LogP contribution in [-0.2, 0) is 0 Å². The van der Waals surface area contributed by atoms with Crippen LogP contribution in [-0.4, -0.2) is 35.0 Å². The number of hydrogen-bond acceptors (Lipinski definition) is 6. The Morgan fingerprint density at radius 2 is 1.00 bits per heavy atom. The molecule has 1 heterocycles. The lowest BCUT2D eigenvalue weighted by molar-refractivity contribution is 1.00. The van der Waals surface area contributed by atoms with Gasteiger partial charge in [0, 0.05) is 0 Å². The quantitative estimate of drug-likeness (QED) is 0.848. The van der Waals surface area contributed by atoms with Gasteiger partial charge in [0.05, 0.1) is 8.47 Å². The number of nitrogens with one attached hydrogen (secondary N) is 2. The molecule has 0 unspecified atom stereocenters. The van der Waals surface area contributed by atoms with E-state index in [1.807, 2.05) is 25.0 Å². The van der Waals surface area contributed by atoms with E-state index >= 15 is 0 Å². The van der Waals surface area contributed by atoms with E-state index in [1.165, 1.54) is 47.0 Å². The number of thioether (sulfide) groups is 4. The zero-order chi connectivity index (χ0) is 13.7. The van der Waals surface area contributed by atoms with Crippen LogP contribution in [0.25, 0.3) is 8.47 Å². The van der Waals surface area contributed by atoms with Gasteiger partial charge < -0.3 is 9.97 Å². The summed E-state index contributed by atoms with van der Waals surface area (Å²) in [6.45, 7) is 0. The van der Waals surface area contributed by atoms with E-state index in [9.17, 15) is 9.59 Å². The molecule has 1 aromatic rings. The van der Waals surface area contributed by atoms with Gasteiger partial charge in [-0.05, 0) is 25.0 Å². The molecule has 0 fully saturated rings. The molecule has 100 valence electrons. The summed E-state index contributed by atoms with van der Waals surface area (Å²) in [4.78, 5) is 29.3. The monoisotopic (exact) mass is 322 g/mol. The number of aromatic amines is 2. The van der Waals surface area contributed by atoms with E-state index in [1.54, 1.807) is 0 Å². The van der Waals surface area contributed by atoms with Crippen LogP contribution in [0.2, 0.25) is 0 Å². The predicted octanol–water partition coefficient (Wildman–Crippen LogP) is 0.647. The first-order valence-electron chi connectivity index (χ1n) is 4.86. The van der Waals surface area contributed by atoms with E-state index in [-0.39, 0.29) is 11.1 Å². The molecule has 0 aliphatic rings. The van der Waals surface area contributed by atoms with Gasteiger partial charge in [0.15, 0.2) is 0 Å². The smallest absolute Gasteiger partial charge is 0.274 e. The normalized spacial score (nSPS) is 10.4. The van der Waals surface area contributed by atoms with E-state index in [4.69, 9.17) is 0 Å². The first kappa shape index (κ1) is 15.9. The molecular weight excluding hydrogens is 308 g/mol. The summed E-state index contributed by atoms with van der Waals surface area (Å²) in [5.74, 6) is 0. The average molecular weight is 323 g/mol. The lowest BCUT2D eigenvalue weighted by Crippen LogP contribution is -2.47. The van der Waals surface area contributed by atoms with Gasteiger partial charge in [0.25, 0.3) is 11.1 Å². The van der Waals surface area contributed by atoms with E-state index < -0.39 is 0 Å². The minimum Gasteiger partial charge on any atom is -0.315 e. The van der Waals surface area contributed by atoms with Crippen molar-refractivity contribution in [2.24, 2.45) is 0 Å². The molecule has 0 aliphatic carbocycles. The van der Waals surface area contributed by atoms with E-state index in [0.717, 1.165) is 8.47 Å². The molecule has 2 N–H and O–H groups in total. The second-order valence-corrected chi connectivity index (χ2v) is 6.83. The highest BCUT2D eigenvalue weighted by Crippen LogP contribution is 2.22. The molecule has 0 bridgehead atoms. The van der Waals surface area contributed by atoms with Gasteiger partial charge in [0.2, 0.25) is 0 Å². The van der Waals surface area contributed by atoms with Crippen molar-refractivity contribution >= 4 is 55.5 Å². The van der Waals surface area contributed by atoms with Crippen LogP contribution in [0, 0.1) is 0 Å². The third kappa shape index (κ3) is 3.43. The summed E-state index contributed by atoms with van der Waals surface area (Å²) >= 11 is 5.78. The highest BCUT2D eigenvalue weighted by Gasteiger charge is 2.04. The van der Waals surface area contributed by atoms with Crippen molar-refractivity contribution in [3.8, 4) is 0 Å². The SMILES string of the molecule is CSC(SC)=c1[nH]c(=O)c(=C(SC)SC)[nH]c1=O. The zero-order valence-electron chi connectivity index (χ0n) is 10.4. The molecule has 0 aliphatic heterocycles. The Balaban J connectivity index is 3.79. The van der Waals surface area contributed by atoms with Crippen LogP contribution in [0.5, 0.6) is 0 Å². The number of H-pyrrole nitrogens is 2. The topological polar surface area (TPSA) is 65.7 Å². The predicted molar refractivity (Wildman–Crippen MR) is 87.8 cm³/mol. The summed E-state index contributed by atoms with van der Waals surface area (Å²) < 4.78 is 1.60. The van der Waals surface area contributed by atoms with Crippen molar-refractivity contribution in [2.45, 2.75) is 0 Å². The molecule has 1 aromatic heterocycles. The Morgan fingerprint density at radius 3 is 1.22 bits per heavy atom. The first-order valence-corrected chi connectivity index (χ1v) is 9.76. The molecule has 0 radical (unpaired) electrons. The standard InChI is InChI=1S/C10H14N2O2S4/c1-15-9(16-2)5-7(13)12-6(8(14)11-5)10(17-3)18-4/h1-4H3,(H,11,14)(H,12,13). The Kier molecular flexibility index (Phi) is 6.54. The third-order valence-corrected chi connectivity index (χ3v) is 6.38. The van der Waals surface area contributed by atoms with Crippen molar-refractivity contribution in [3.05, 3.63) is 31.4 Å². The maximum atomic E-state index is 12.0. The van der Waals surface area contributed by atoms with Gasteiger partial charge in [-0.15, -0.1) is 47.0 Å². The molecule has 0 saturated carbocycles. The number of hydrogen-bond donors (Lipinski definition) is 2. The summed E-state index contributed by atoms with van der Waals surface area (Å²) in [6.07, 6.45) is 7.50. The van der Waals surface area contributed by atoms with Gasteiger partial charge >= 0.3 is 0 Å². The average Bonchev–Trinajstić information content (AvgIpc) is 2.37. The number of aromatic nitrogens is 2. The Hall–Kier alpha value is -0.180. The molecule has 8 heteroatoms.